The van der Waals surface area contributed by atoms with E-state index >= 15 is 0 Å². The topological polar surface area (TPSA) is 61.1 Å². The van der Waals surface area contributed by atoms with Gasteiger partial charge in [0.2, 0.25) is 0 Å². The molecule has 0 amide bonds. The molecule has 1 unspecified atom stereocenters. The second kappa shape index (κ2) is 6.21. The lowest BCUT2D eigenvalue weighted by molar-refractivity contribution is -0.149. The average Bonchev–Trinajstić information content (AvgIpc) is 2.59. The van der Waals surface area contributed by atoms with Crippen molar-refractivity contribution in [2.45, 2.75) is 64.4 Å². The molecule has 0 bridgehead atoms. The zero-order valence-corrected chi connectivity index (χ0v) is 16.4. The second-order valence-corrected chi connectivity index (χ2v) is 9.71. The van der Waals surface area contributed by atoms with Gasteiger partial charge in [0, 0.05) is 16.9 Å². The Morgan fingerprint density at radius 3 is 2.92 bits per heavy atom. The number of carbonyl (C=O) groups excluding carboxylic acids is 1. The van der Waals surface area contributed by atoms with Gasteiger partial charge in [0.05, 0.1) is 12.5 Å². The van der Waals surface area contributed by atoms with Crippen molar-refractivity contribution in [2.24, 2.45) is 35.0 Å². The van der Waals surface area contributed by atoms with Crippen LogP contribution in [0.3, 0.4) is 0 Å². The molecule has 1 N–H and O–H groups in total. The number of rotatable bonds is 1. The van der Waals surface area contributed by atoms with Crippen molar-refractivity contribution in [3.63, 3.8) is 0 Å². The first-order chi connectivity index (χ1) is 12.3. The fourth-order valence-electron chi connectivity index (χ4n) is 6.94. The van der Waals surface area contributed by atoms with Gasteiger partial charge in [0.1, 0.15) is 5.60 Å². The molecule has 0 aliphatic heterocycles. The molecule has 3 nitrogen and oxygen atoms in total. The van der Waals surface area contributed by atoms with Crippen LogP contribution in [0.2, 0.25) is 0 Å². The number of ketones is 1. The SMILES string of the molecule is C[C@@H]1CC2=CC(=O)CC[C@@H]2[C@H]2CC[C@@]3(C)[C@@H](CC=C(Cl)C3(O)CC#N)[C@@H]21. The van der Waals surface area contributed by atoms with Crippen molar-refractivity contribution in [3.8, 4) is 6.07 Å². The molecule has 2 fully saturated rings. The van der Waals surface area contributed by atoms with Gasteiger partial charge in [-0.15, -0.1) is 0 Å². The third-order valence-electron chi connectivity index (χ3n) is 8.26. The Kier molecular flexibility index (Phi) is 4.36. The molecule has 0 aromatic carbocycles. The highest BCUT2D eigenvalue weighted by Gasteiger charge is 2.62. The van der Waals surface area contributed by atoms with Crippen molar-refractivity contribution in [3.05, 3.63) is 22.8 Å². The van der Waals surface area contributed by atoms with Crippen LogP contribution in [0.1, 0.15) is 58.8 Å². The third kappa shape index (κ3) is 2.38. The predicted molar refractivity (Wildman–Crippen MR) is 101 cm³/mol. The first-order valence-corrected chi connectivity index (χ1v) is 10.4. The van der Waals surface area contributed by atoms with E-state index in [9.17, 15) is 15.2 Å². The molecular weight excluding hydrogens is 346 g/mol. The number of hydrogen-bond donors (Lipinski definition) is 1. The largest absolute Gasteiger partial charge is 0.383 e. The van der Waals surface area contributed by atoms with E-state index in [-0.39, 0.29) is 11.8 Å². The second-order valence-electron chi connectivity index (χ2n) is 9.30. The lowest BCUT2D eigenvalue weighted by Gasteiger charge is -2.62. The van der Waals surface area contributed by atoms with Crippen LogP contribution >= 0.6 is 11.6 Å². The highest BCUT2D eigenvalue weighted by Crippen LogP contribution is 2.65. The Morgan fingerprint density at radius 1 is 1.42 bits per heavy atom. The monoisotopic (exact) mass is 373 g/mol. The lowest BCUT2D eigenvalue weighted by atomic mass is 9.44. The zero-order chi connectivity index (χ0) is 18.7. The van der Waals surface area contributed by atoms with E-state index in [1.807, 2.05) is 12.2 Å². The molecule has 140 valence electrons. The summed E-state index contributed by atoms with van der Waals surface area (Å²) < 4.78 is 0. The van der Waals surface area contributed by atoms with E-state index in [4.69, 9.17) is 11.6 Å². The fourth-order valence-corrected chi connectivity index (χ4v) is 7.31. The Labute approximate surface area is 161 Å². The molecule has 4 rings (SSSR count). The summed E-state index contributed by atoms with van der Waals surface area (Å²) in [6.45, 7) is 4.46. The van der Waals surface area contributed by atoms with E-state index in [1.165, 1.54) is 5.57 Å². The summed E-state index contributed by atoms with van der Waals surface area (Å²) in [5.41, 5.74) is -0.207. The molecule has 0 aromatic rings. The van der Waals surface area contributed by atoms with Crippen molar-refractivity contribution >= 4 is 17.4 Å². The summed E-state index contributed by atoms with van der Waals surface area (Å²) in [5, 5.41) is 21.3. The van der Waals surface area contributed by atoms with Crippen LogP contribution in [0.4, 0.5) is 0 Å². The number of aliphatic hydroxyl groups is 1. The first-order valence-electron chi connectivity index (χ1n) is 10.0. The van der Waals surface area contributed by atoms with E-state index in [1.54, 1.807) is 0 Å². The van der Waals surface area contributed by atoms with Gasteiger partial charge in [-0.25, -0.2) is 0 Å². The molecule has 2 saturated carbocycles. The average molecular weight is 374 g/mol. The van der Waals surface area contributed by atoms with E-state index < -0.39 is 5.60 Å². The van der Waals surface area contributed by atoms with Gasteiger partial charge in [-0.1, -0.05) is 37.1 Å². The molecule has 0 saturated heterocycles. The number of nitriles is 1. The van der Waals surface area contributed by atoms with Crippen LogP contribution in [-0.2, 0) is 4.79 Å². The number of hydrogen-bond acceptors (Lipinski definition) is 3. The van der Waals surface area contributed by atoms with Gasteiger partial charge in [-0.05, 0) is 67.8 Å². The maximum atomic E-state index is 11.9. The standard InChI is InChI=1S/C22H28ClNO2/c1-13-11-14-12-15(25)3-4-16(14)17-7-8-21(2)18(20(13)17)5-6-19(23)22(21,26)9-10-24/h6,12-13,16-18,20,26H,3-5,7-9,11H2,1-2H3/t13-,16+,17-,18+,20-,21+,22?/m1/s1. The molecule has 7 atom stereocenters. The van der Waals surface area contributed by atoms with Gasteiger partial charge in [0.15, 0.2) is 5.78 Å². The summed E-state index contributed by atoms with van der Waals surface area (Å²) >= 11 is 6.46. The van der Waals surface area contributed by atoms with E-state index in [0.717, 1.165) is 32.1 Å². The normalized spacial score (nSPS) is 47.7. The minimum absolute atomic E-state index is 0.0597. The van der Waals surface area contributed by atoms with E-state index in [0.29, 0.717) is 46.8 Å². The highest BCUT2D eigenvalue weighted by molar-refractivity contribution is 6.30. The summed E-state index contributed by atoms with van der Waals surface area (Å²) in [7, 11) is 0. The maximum Gasteiger partial charge on any atom is 0.155 e. The molecule has 0 radical (unpaired) electrons. The number of halogens is 1. The van der Waals surface area contributed by atoms with Crippen molar-refractivity contribution < 1.29 is 9.90 Å². The minimum Gasteiger partial charge on any atom is -0.383 e. The van der Waals surface area contributed by atoms with Crippen LogP contribution in [0, 0.1) is 46.3 Å². The summed E-state index contributed by atoms with van der Waals surface area (Å²) in [6, 6.07) is 2.18. The molecule has 26 heavy (non-hydrogen) atoms. The Morgan fingerprint density at radius 2 is 2.19 bits per heavy atom. The van der Waals surface area contributed by atoms with Crippen LogP contribution in [-0.4, -0.2) is 16.5 Å². The fraction of sp³-hybridized carbons (Fsp3) is 0.727. The zero-order valence-electron chi connectivity index (χ0n) is 15.7. The minimum atomic E-state index is -1.23. The first kappa shape index (κ1) is 18.3. The molecule has 0 spiro atoms. The quantitative estimate of drug-likeness (QED) is 0.721. The maximum absolute atomic E-state index is 11.9. The number of nitrogens with zero attached hydrogens (tertiary/aromatic N) is 1. The summed E-state index contributed by atoms with van der Waals surface area (Å²) in [5.74, 6) is 2.77. The van der Waals surface area contributed by atoms with Crippen LogP contribution in [0.25, 0.3) is 0 Å². The van der Waals surface area contributed by atoms with Crippen LogP contribution < -0.4 is 0 Å². The van der Waals surface area contributed by atoms with Crippen LogP contribution in [0.15, 0.2) is 22.8 Å². The molecule has 4 heteroatoms. The molecular formula is C22H28ClNO2. The molecule has 0 aromatic heterocycles. The summed E-state index contributed by atoms with van der Waals surface area (Å²) in [6.07, 6.45) is 9.46. The third-order valence-corrected chi connectivity index (χ3v) is 8.72. The lowest BCUT2D eigenvalue weighted by Crippen LogP contribution is -2.60. The van der Waals surface area contributed by atoms with Gasteiger partial charge in [-0.2, -0.15) is 5.26 Å². The van der Waals surface area contributed by atoms with Crippen molar-refractivity contribution in [2.75, 3.05) is 0 Å². The molecule has 4 aliphatic carbocycles. The van der Waals surface area contributed by atoms with Gasteiger partial charge in [0.25, 0.3) is 0 Å². The Bertz CT molecular complexity index is 735. The van der Waals surface area contributed by atoms with Crippen LogP contribution in [0.5, 0.6) is 0 Å². The smallest absolute Gasteiger partial charge is 0.155 e. The number of carbonyl (C=O) groups is 1. The molecule has 4 aliphatic rings. The molecule has 0 heterocycles. The van der Waals surface area contributed by atoms with E-state index in [2.05, 4.69) is 19.9 Å². The predicted octanol–water partition coefficient (Wildman–Crippen LogP) is 4.75. The number of fused-ring (bicyclic) bond motifs is 5. The van der Waals surface area contributed by atoms with Gasteiger partial charge >= 0.3 is 0 Å². The van der Waals surface area contributed by atoms with Gasteiger partial charge in [-0.3, -0.25) is 4.79 Å². The van der Waals surface area contributed by atoms with Gasteiger partial charge < -0.3 is 5.11 Å². The number of allylic oxidation sites excluding steroid dienone is 3. The Balaban J connectivity index is 1.73. The summed E-state index contributed by atoms with van der Waals surface area (Å²) in [4.78, 5) is 11.9. The van der Waals surface area contributed by atoms with Crippen molar-refractivity contribution in [1.29, 1.82) is 5.26 Å². The highest BCUT2D eigenvalue weighted by atomic mass is 35.5. The van der Waals surface area contributed by atoms with Crippen molar-refractivity contribution in [1.82, 2.24) is 0 Å². The Hall–Kier alpha value is -1.11.